The van der Waals surface area contributed by atoms with E-state index in [0.717, 1.165) is 10.0 Å². The maximum Gasteiger partial charge on any atom is 0.338 e. The van der Waals surface area contributed by atoms with Gasteiger partial charge >= 0.3 is 5.97 Å². The SMILES string of the molecule is CCOC(=O)C1=C(C)n2c(s/c(=C\c3ccc(Br)cc3)c2=O)=N[C@H]1c1ccc(O)c(OCC)c1. The van der Waals surface area contributed by atoms with Crippen molar-refractivity contribution < 1.29 is 19.4 Å². The molecule has 176 valence electrons. The Balaban J connectivity index is 1.93. The molecule has 2 aromatic carbocycles. The summed E-state index contributed by atoms with van der Waals surface area (Å²) in [4.78, 5) is 31.5. The molecule has 0 fully saturated rings. The predicted octanol–water partition coefficient (Wildman–Crippen LogP) is 3.77. The minimum absolute atomic E-state index is 0.000730. The highest BCUT2D eigenvalue weighted by Crippen LogP contribution is 2.36. The van der Waals surface area contributed by atoms with Gasteiger partial charge in [-0.1, -0.05) is 45.5 Å². The number of ether oxygens (including phenoxy) is 2. The topological polar surface area (TPSA) is 90.1 Å². The molecule has 0 radical (unpaired) electrons. The van der Waals surface area contributed by atoms with Crippen LogP contribution in [0.25, 0.3) is 11.8 Å². The number of benzene rings is 2. The van der Waals surface area contributed by atoms with Crippen LogP contribution in [-0.2, 0) is 9.53 Å². The van der Waals surface area contributed by atoms with Gasteiger partial charge in [0, 0.05) is 10.2 Å². The third-order valence-electron chi connectivity index (χ3n) is 5.31. The van der Waals surface area contributed by atoms with Crippen LogP contribution >= 0.6 is 27.3 Å². The fraction of sp³-hybridized carbons (Fsp3) is 0.240. The van der Waals surface area contributed by atoms with Crippen molar-refractivity contribution in [3.8, 4) is 11.5 Å². The number of esters is 1. The summed E-state index contributed by atoms with van der Waals surface area (Å²) in [6.07, 6.45) is 1.81. The van der Waals surface area contributed by atoms with Gasteiger partial charge in [-0.2, -0.15) is 0 Å². The number of aromatic nitrogens is 1. The summed E-state index contributed by atoms with van der Waals surface area (Å²) < 4.78 is 13.7. The maximum atomic E-state index is 13.3. The van der Waals surface area contributed by atoms with Gasteiger partial charge in [0.15, 0.2) is 16.3 Å². The lowest BCUT2D eigenvalue weighted by molar-refractivity contribution is -0.138. The lowest BCUT2D eigenvalue weighted by Gasteiger charge is -2.22. The number of hydrogen-bond acceptors (Lipinski definition) is 7. The van der Waals surface area contributed by atoms with Crippen molar-refractivity contribution in [2.75, 3.05) is 13.2 Å². The summed E-state index contributed by atoms with van der Waals surface area (Å²) >= 11 is 4.67. The molecule has 2 heterocycles. The number of rotatable bonds is 6. The number of nitrogens with zero attached hydrogens (tertiary/aromatic N) is 2. The van der Waals surface area contributed by atoms with Gasteiger partial charge in [-0.25, -0.2) is 9.79 Å². The molecule has 0 spiro atoms. The third-order valence-corrected chi connectivity index (χ3v) is 6.82. The molecule has 0 saturated heterocycles. The van der Waals surface area contributed by atoms with Crippen LogP contribution in [0, 0.1) is 0 Å². The Kier molecular flexibility index (Phi) is 7.04. The summed E-state index contributed by atoms with van der Waals surface area (Å²) in [5, 5.41) is 10.1. The number of phenolic OH excluding ortho intramolecular Hbond substituents is 1. The second-order valence-corrected chi connectivity index (χ2v) is 9.42. The minimum Gasteiger partial charge on any atom is -0.504 e. The quantitative estimate of drug-likeness (QED) is 0.479. The standard InChI is InChI=1S/C25H23BrN2O5S/c1-4-32-19-13-16(8-11-18(19)29)22-21(24(31)33-5-2)14(3)28-23(30)20(34-25(28)27-22)12-15-6-9-17(26)10-7-15/h6-13,22,29H,4-5H2,1-3H3/b20-12-/t22-/m0/s1. The van der Waals surface area contributed by atoms with Gasteiger partial charge in [-0.3, -0.25) is 9.36 Å². The molecule has 0 bridgehead atoms. The maximum absolute atomic E-state index is 13.3. The molecule has 0 saturated carbocycles. The Labute approximate surface area is 208 Å². The number of carbonyl (C=O) groups excluding carboxylic acids is 1. The summed E-state index contributed by atoms with van der Waals surface area (Å²) in [6.45, 7) is 5.83. The average Bonchev–Trinajstić information content (AvgIpc) is 3.12. The zero-order valence-corrected chi connectivity index (χ0v) is 21.3. The second kappa shape index (κ2) is 9.99. The first-order valence-corrected chi connectivity index (χ1v) is 12.4. The first-order valence-electron chi connectivity index (χ1n) is 10.7. The van der Waals surface area contributed by atoms with E-state index in [4.69, 9.17) is 14.5 Å². The van der Waals surface area contributed by atoms with E-state index in [2.05, 4.69) is 15.9 Å². The van der Waals surface area contributed by atoms with Crippen molar-refractivity contribution in [3.05, 3.63) is 83.3 Å². The molecule has 1 N–H and O–H groups in total. The van der Waals surface area contributed by atoms with Gasteiger partial charge < -0.3 is 14.6 Å². The number of carbonyl (C=O) groups is 1. The van der Waals surface area contributed by atoms with E-state index in [-0.39, 0.29) is 23.5 Å². The number of halogens is 1. The molecule has 4 rings (SSSR count). The van der Waals surface area contributed by atoms with Gasteiger partial charge in [-0.05, 0) is 62.2 Å². The molecule has 1 atom stereocenters. The normalized spacial score (nSPS) is 15.6. The summed E-state index contributed by atoms with van der Waals surface area (Å²) in [5.41, 5.74) is 2.02. The first-order chi connectivity index (χ1) is 16.3. The lowest BCUT2D eigenvalue weighted by atomic mass is 9.96. The largest absolute Gasteiger partial charge is 0.504 e. The highest BCUT2D eigenvalue weighted by Gasteiger charge is 2.32. The Morgan fingerprint density at radius 2 is 1.94 bits per heavy atom. The highest BCUT2D eigenvalue weighted by molar-refractivity contribution is 9.10. The third kappa shape index (κ3) is 4.58. The van der Waals surface area contributed by atoms with Gasteiger partial charge in [0.1, 0.15) is 6.04 Å². The predicted molar refractivity (Wildman–Crippen MR) is 135 cm³/mol. The lowest BCUT2D eigenvalue weighted by Crippen LogP contribution is -2.35. The Morgan fingerprint density at radius 1 is 1.21 bits per heavy atom. The molecule has 3 aromatic rings. The van der Waals surface area contributed by atoms with Crippen LogP contribution in [-0.4, -0.2) is 28.9 Å². The molecular weight excluding hydrogens is 520 g/mol. The molecule has 0 aliphatic carbocycles. The van der Waals surface area contributed by atoms with E-state index >= 15 is 0 Å². The van der Waals surface area contributed by atoms with Crippen molar-refractivity contribution in [2.45, 2.75) is 26.8 Å². The first kappa shape index (κ1) is 24.0. The van der Waals surface area contributed by atoms with Crippen LogP contribution in [0.3, 0.4) is 0 Å². The fourth-order valence-corrected chi connectivity index (χ4v) is 5.04. The zero-order chi connectivity index (χ0) is 24.4. The van der Waals surface area contributed by atoms with Crippen LogP contribution < -0.4 is 19.6 Å². The Bertz CT molecular complexity index is 1450. The highest BCUT2D eigenvalue weighted by atomic mass is 79.9. The second-order valence-electron chi connectivity index (χ2n) is 7.50. The summed E-state index contributed by atoms with van der Waals surface area (Å²) in [5.74, 6) is -0.240. The molecule has 1 aliphatic heterocycles. The van der Waals surface area contributed by atoms with Crippen LogP contribution in [0.2, 0.25) is 0 Å². The van der Waals surface area contributed by atoms with Gasteiger partial charge in [-0.15, -0.1) is 0 Å². The van der Waals surface area contributed by atoms with Crippen LogP contribution in [0.1, 0.15) is 37.9 Å². The van der Waals surface area contributed by atoms with Crippen molar-refractivity contribution >= 4 is 45.0 Å². The molecule has 7 nitrogen and oxygen atoms in total. The fourth-order valence-electron chi connectivity index (χ4n) is 3.74. The summed E-state index contributed by atoms with van der Waals surface area (Å²) in [6, 6.07) is 11.8. The zero-order valence-electron chi connectivity index (χ0n) is 18.9. The molecule has 9 heteroatoms. The number of allylic oxidation sites excluding steroid dienone is 1. The number of aromatic hydroxyl groups is 1. The summed E-state index contributed by atoms with van der Waals surface area (Å²) in [7, 11) is 0. The molecule has 1 aliphatic rings. The van der Waals surface area contributed by atoms with Crippen LogP contribution in [0.4, 0.5) is 0 Å². The average molecular weight is 543 g/mol. The minimum atomic E-state index is -0.711. The van der Waals surface area contributed by atoms with Crippen LogP contribution in [0.15, 0.2) is 62.3 Å². The smallest absolute Gasteiger partial charge is 0.338 e. The molecular formula is C25H23BrN2O5S. The van der Waals surface area contributed by atoms with Crippen LogP contribution in [0.5, 0.6) is 11.5 Å². The van der Waals surface area contributed by atoms with Crippen molar-refractivity contribution in [1.82, 2.24) is 4.57 Å². The van der Waals surface area contributed by atoms with Crippen molar-refractivity contribution in [1.29, 1.82) is 0 Å². The molecule has 0 unspecified atom stereocenters. The molecule has 34 heavy (non-hydrogen) atoms. The molecule has 0 amide bonds. The monoisotopic (exact) mass is 542 g/mol. The van der Waals surface area contributed by atoms with E-state index < -0.39 is 12.0 Å². The number of fused-ring (bicyclic) bond motifs is 1. The van der Waals surface area contributed by atoms with Crippen molar-refractivity contribution in [2.24, 2.45) is 4.99 Å². The Hall–Kier alpha value is -3.17. The van der Waals surface area contributed by atoms with E-state index in [0.29, 0.717) is 33.0 Å². The van der Waals surface area contributed by atoms with Crippen molar-refractivity contribution in [3.63, 3.8) is 0 Å². The molecule has 1 aromatic heterocycles. The van der Waals surface area contributed by atoms with Gasteiger partial charge in [0.25, 0.3) is 5.56 Å². The number of phenols is 1. The Morgan fingerprint density at radius 3 is 2.62 bits per heavy atom. The van der Waals surface area contributed by atoms with E-state index in [9.17, 15) is 14.7 Å². The van der Waals surface area contributed by atoms with E-state index in [1.165, 1.54) is 22.0 Å². The number of thiazole rings is 1. The van der Waals surface area contributed by atoms with E-state index in [1.807, 2.05) is 31.2 Å². The van der Waals surface area contributed by atoms with E-state index in [1.54, 1.807) is 32.1 Å². The van der Waals surface area contributed by atoms with Gasteiger partial charge in [0.05, 0.1) is 23.3 Å². The number of hydrogen-bond donors (Lipinski definition) is 1. The van der Waals surface area contributed by atoms with Gasteiger partial charge in [0.2, 0.25) is 0 Å².